The van der Waals surface area contributed by atoms with Gasteiger partial charge in [0.05, 0.1) is 17.7 Å². The maximum Gasteiger partial charge on any atom is 0.124 e. The van der Waals surface area contributed by atoms with Crippen LogP contribution in [0, 0.1) is 6.92 Å². The molecule has 0 saturated carbocycles. The van der Waals surface area contributed by atoms with Crippen LogP contribution >= 0.6 is 11.3 Å². The van der Waals surface area contributed by atoms with Gasteiger partial charge in [-0.05, 0) is 36.8 Å². The molecule has 0 radical (unpaired) electrons. The molecule has 3 rings (SSSR count). The first-order chi connectivity index (χ1) is 9.19. The van der Waals surface area contributed by atoms with E-state index in [9.17, 15) is 0 Å². The Morgan fingerprint density at radius 3 is 2.74 bits per heavy atom. The average molecular weight is 271 g/mol. The molecule has 2 nitrogen and oxygen atoms in total. The third-order valence-electron chi connectivity index (χ3n) is 3.48. The van der Waals surface area contributed by atoms with Crippen molar-refractivity contribution in [3.63, 3.8) is 0 Å². The number of hydrogen-bond acceptors (Lipinski definition) is 3. The summed E-state index contributed by atoms with van der Waals surface area (Å²) in [4.78, 5) is 4.96. The van der Waals surface area contributed by atoms with E-state index in [4.69, 9.17) is 4.74 Å². The van der Waals surface area contributed by atoms with Crippen molar-refractivity contribution in [2.24, 2.45) is 0 Å². The fourth-order valence-electron chi connectivity index (χ4n) is 2.49. The number of rotatable bonds is 2. The van der Waals surface area contributed by atoms with E-state index in [0.29, 0.717) is 0 Å². The molecule has 0 fully saturated rings. The molecular formula is C16H17NOS. The zero-order chi connectivity index (χ0) is 13.4. The third-order valence-corrected chi connectivity index (χ3v) is 4.50. The second-order valence-electron chi connectivity index (χ2n) is 4.82. The summed E-state index contributed by atoms with van der Waals surface area (Å²) in [5, 5.41) is 0. The molecule has 0 spiro atoms. The number of nitrogens with zero attached hydrogens (tertiary/aromatic N) is 1. The molecule has 19 heavy (non-hydrogen) atoms. The van der Waals surface area contributed by atoms with Gasteiger partial charge in [0.1, 0.15) is 5.75 Å². The van der Waals surface area contributed by atoms with Crippen LogP contribution in [-0.4, -0.2) is 19.1 Å². The van der Waals surface area contributed by atoms with Crippen molar-refractivity contribution < 1.29 is 4.74 Å². The van der Waals surface area contributed by atoms with Crippen LogP contribution in [0.1, 0.15) is 20.9 Å². The molecule has 1 aliphatic rings. The number of hydrogen-bond donors (Lipinski definition) is 0. The summed E-state index contributed by atoms with van der Waals surface area (Å²) in [7, 11) is 3.87. The minimum Gasteiger partial charge on any atom is -0.496 e. The molecule has 0 amide bonds. The number of aryl methyl sites for hydroxylation is 1. The average Bonchev–Trinajstić information content (AvgIpc) is 2.84. The maximum absolute atomic E-state index is 5.45. The van der Waals surface area contributed by atoms with Gasteiger partial charge in [-0.2, -0.15) is 0 Å². The van der Waals surface area contributed by atoms with Gasteiger partial charge >= 0.3 is 0 Å². The summed E-state index contributed by atoms with van der Waals surface area (Å²) in [6.07, 6.45) is 2.26. The van der Waals surface area contributed by atoms with E-state index < -0.39 is 0 Å². The molecule has 98 valence electrons. The van der Waals surface area contributed by atoms with Crippen molar-refractivity contribution in [2.45, 2.75) is 13.5 Å². The molecule has 0 bridgehead atoms. The molecule has 0 aliphatic carbocycles. The van der Waals surface area contributed by atoms with E-state index in [2.05, 4.69) is 49.2 Å². The van der Waals surface area contributed by atoms with Crippen LogP contribution in [0.15, 0.2) is 30.3 Å². The molecule has 3 heteroatoms. The summed E-state index contributed by atoms with van der Waals surface area (Å²) in [5.41, 5.74) is 3.82. The summed E-state index contributed by atoms with van der Waals surface area (Å²) >= 11 is 1.84. The minimum atomic E-state index is 0.891. The predicted octanol–water partition coefficient (Wildman–Crippen LogP) is 4.01. The fourth-order valence-corrected chi connectivity index (χ4v) is 3.43. The van der Waals surface area contributed by atoms with Crippen LogP contribution in [0.2, 0.25) is 0 Å². The Hall–Kier alpha value is -1.74. The highest BCUT2D eigenvalue weighted by Crippen LogP contribution is 2.36. The van der Waals surface area contributed by atoms with Gasteiger partial charge in [0.15, 0.2) is 0 Å². The zero-order valence-electron chi connectivity index (χ0n) is 11.4. The summed E-state index contributed by atoms with van der Waals surface area (Å²) in [6, 6.07) is 10.6. The van der Waals surface area contributed by atoms with E-state index in [1.807, 2.05) is 17.4 Å². The Morgan fingerprint density at radius 1 is 1.21 bits per heavy atom. The highest BCUT2D eigenvalue weighted by molar-refractivity contribution is 7.13. The Bertz CT molecular complexity index is 642. The van der Waals surface area contributed by atoms with Gasteiger partial charge < -0.3 is 9.64 Å². The zero-order valence-corrected chi connectivity index (χ0v) is 12.3. The normalized spacial score (nSPS) is 14.1. The molecule has 0 unspecified atom stereocenters. The highest BCUT2D eigenvalue weighted by Gasteiger charge is 2.19. The lowest BCUT2D eigenvalue weighted by atomic mass is 10.00. The van der Waals surface area contributed by atoms with Crippen LogP contribution in [0.5, 0.6) is 5.75 Å². The SMILES string of the molecule is COc1cccc2c1CN(C)C(c1ccc(C)s1)=C2. The van der Waals surface area contributed by atoms with E-state index in [1.54, 1.807) is 7.11 Å². The molecule has 2 heterocycles. The number of ether oxygens (including phenoxy) is 1. The predicted molar refractivity (Wildman–Crippen MR) is 81.4 cm³/mol. The van der Waals surface area contributed by atoms with Gasteiger partial charge in [-0.1, -0.05) is 12.1 Å². The summed E-state index contributed by atoms with van der Waals surface area (Å²) in [5.74, 6) is 0.974. The fraction of sp³-hybridized carbons (Fsp3) is 0.250. The van der Waals surface area contributed by atoms with Crippen molar-refractivity contribution in [3.8, 4) is 5.75 Å². The van der Waals surface area contributed by atoms with Gasteiger partial charge in [0.2, 0.25) is 0 Å². The van der Waals surface area contributed by atoms with Gasteiger partial charge in [-0.15, -0.1) is 11.3 Å². The van der Waals surface area contributed by atoms with E-state index in [0.717, 1.165) is 12.3 Å². The molecule has 1 aromatic heterocycles. The maximum atomic E-state index is 5.45. The molecule has 0 N–H and O–H groups in total. The van der Waals surface area contributed by atoms with Gasteiger partial charge in [-0.25, -0.2) is 0 Å². The smallest absolute Gasteiger partial charge is 0.124 e. The number of benzene rings is 1. The van der Waals surface area contributed by atoms with E-state index in [-0.39, 0.29) is 0 Å². The summed E-state index contributed by atoms with van der Waals surface area (Å²) < 4.78 is 5.45. The Balaban J connectivity index is 2.10. The second-order valence-corrected chi connectivity index (χ2v) is 6.11. The molecule has 0 atom stereocenters. The van der Waals surface area contributed by atoms with Crippen molar-refractivity contribution in [3.05, 3.63) is 51.2 Å². The van der Waals surface area contributed by atoms with Crippen LogP contribution in [0.25, 0.3) is 11.8 Å². The Labute approximate surface area is 117 Å². The molecular weight excluding hydrogens is 254 g/mol. The van der Waals surface area contributed by atoms with Crippen LogP contribution in [0.3, 0.4) is 0 Å². The first-order valence-electron chi connectivity index (χ1n) is 6.34. The van der Waals surface area contributed by atoms with Crippen molar-refractivity contribution in [1.29, 1.82) is 0 Å². The molecule has 1 aliphatic heterocycles. The standard InChI is InChI=1S/C16H17NOS/c1-11-7-8-16(19-11)14-9-12-5-4-6-15(18-3)13(12)10-17(14)2/h4-9H,10H2,1-3H3. The molecule has 1 aromatic carbocycles. The van der Waals surface area contributed by atoms with Crippen molar-refractivity contribution >= 4 is 23.1 Å². The van der Waals surface area contributed by atoms with Gasteiger partial charge in [0, 0.05) is 24.0 Å². The topological polar surface area (TPSA) is 12.5 Å². The molecule has 2 aromatic rings. The largest absolute Gasteiger partial charge is 0.496 e. The van der Waals surface area contributed by atoms with Crippen LogP contribution in [-0.2, 0) is 6.54 Å². The Morgan fingerprint density at radius 2 is 2.05 bits per heavy atom. The number of methoxy groups -OCH3 is 1. The van der Waals surface area contributed by atoms with Crippen molar-refractivity contribution in [2.75, 3.05) is 14.2 Å². The molecule has 0 saturated heterocycles. The number of fused-ring (bicyclic) bond motifs is 1. The van der Waals surface area contributed by atoms with Crippen molar-refractivity contribution in [1.82, 2.24) is 4.90 Å². The lowest BCUT2D eigenvalue weighted by Crippen LogP contribution is -2.20. The monoisotopic (exact) mass is 271 g/mol. The van der Waals surface area contributed by atoms with E-state index >= 15 is 0 Å². The highest BCUT2D eigenvalue weighted by atomic mass is 32.1. The Kier molecular flexibility index (Phi) is 3.07. The van der Waals surface area contributed by atoms with Crippen LogP contribution in [0.4, 0.5) is 0 Å². The van der Waals surface area contributed by atoms with E-state index in [1.165, 1.54) is 26.6 Å². The quantitative estimate of drug-likeness (QED) is 0.818. The second kappa shape index (κ2) is 4.74. The first-order valence-corrected chi connectivity index (χ1v) is 7.16. The number of thiophene rings is 1. The van der Waals surface area contributed by atoms with Gasteiger partial charge in [-0.3, -0.25) is 0 Å². The first kappa shape index (κ1) is 12.3. The third kappa shape index (κ3) is 2.15. The lowest BCUT2D eigenvalue weighted by molar-refractivity contribution is 0.393. The minimum absolute atomic E-state index is 0.891. The summed E-state index contributed by atoms with van der Waals surface area (Å²) in [6.45, 7) is 3.04. The van der Waals surface area contributed by atoms with Crippen LogP contribution < -0.4 is 4.74 Å². The lowest BCUT2D eigenvalue weighted by Gasteiger charge is -2.28. The van der Waals surface area contributed by atoms with Gasteiger partial charge in [0.25, 0.3) is 0 Å².